The molecule has 2 nitrogen and oxygen atoms in total. The maximum absolute atomic E-state index is 10.5. The second-order valence-electron chi connectivity index (χ2n) is 11.8. The Labute approximate surface area is 213 Å². The molecule has 0 bridgehead atoms. The van der Waals surface area contributed by atoms with Gasteiger partial charge in [0, 0.05) is 12.5 Å². The number of hydrogen-bond acceptors (Lipinski definition) is 2. The van der Waals surface area contributed by atoms with Crippen LogP contribution in [0.25, 0.3) is 0 Å². The smallest absolute Gasteiger partial charge is 0.201 e. The Balaban J connectivity index is 1.24. The summed E-state index contributed by atoms with van der Waals surface area (Å²) >= 11 is 0. The Kier molecular flexibility index (Phi) is 18.3. The van der Waals surface area contributed by atoms with Gasteiger partial charge in [-0.2, -0.15) is 0 Å². The summed E-state index contributed by atoms with van der Waals surface area (Å²) in [6, 6.07) is 0. The van der Waals surface area contributed by atoms with Crippen molar-refractivity contribution in [3.8, 4) is 0 Å². The lowest BCUT2D eigenvalue weighted by Gasteiger charge is -2.14. The molecule has 0 aliphatic heterocycles. The van der Waals surface area contributed by atoms with Gasteiger partial charge in [0.15, 0.2) is 0 Å². The molecular formula is C32H58O2. The Bertz CT molecular complexity index is 456. The van der Waals surface area contributed by atoms with E-state index >= 15 is 0 Å². The fraction of sp³-hybridized carbons (Fsp3) is 0.938. The van der Waals surface area contributed by atoms with Gasteiger partial charge < -0.3 is 4.74 Å². The topological polar surface area (TPSA) is 26.3 Å². The number of unbranched alkanes of at least 4 members (excludes halogenated alkanes) is 13. The van der Waals surface area contributed by atoms with Crippen molar-refractivity contribution in [1.29, 1.82) is 0 Å². The zero-order valence-corrected chi connectivity index (χ0v) is 22.9. The first-order valence-corrected chi connectivity index (χ1v) is 15.6. The molecule has 2 heteroatoms. The molecule has 2 radical (unpaired) electrons. The van der Waals surface area contributed by atoms with E-state index in [0.717, 1.165) is 24.9 Å². The van der Waals surface area contributed by atoms with Crippen molar-refractivity contribution in [1.82, 2.24) is 0 Å². The van der Waals surface area contributed by atoms with E-state index < -0.39 is 0 Å². The molecule has 2 fully saturated rings. The second kappa shape index (κ2) is 20.8. The monoisotopic (exact) mass is 474 g/mol. The number of ether oxygens (including phenoxy) is 1. The van der Waals surface area contributed by atoms with E-state index in [1.165, 1.54) is 148 Å². The van der Waals surface area contributed by atoms with Gasteiger partial charge in [-0.1, -0.05) is 116 Å². The van der Waals surface area contributed by atoms with Gasteiger partial charge in [0.25, 0.3) is 0 Å². The van der Waals surface area contributed by atoms with Crippen LogP contribution in [0.1, 0.15) is 161 Å². The Hall–Kier alpha value is -0.370. The van der Waals surface area contributed by atoms with E-state index in [-0.39, 0.29) is 5.92 Å². The fourth-order valence-corrected chi connectivity index (χ4v) is 6.21. The first kappa shape index (κ1) is 29.9. The van der Waals surface area contributed by atoms with E-state index in [9.17, 15) is 4.79 Å². The van der Waals surface area contributed by atoms with Crippen LogP contribution in [-0.4, -0.2) is 19.0 Å². The van der Waals surface area contributed by atoms with E-state index in [2.05, 4.69) is 12.7 Å². The number of hydrogen-bond donors (Lipinski definition) is 0. The zero-order valence-electron chi connectivity index (χ0n) is 22.9. The van der Waals surface area contributed by atoms with Gasteiger partial charge in [-0.25, -0.2) is 0 Å². The summed E-state index contributed by atoms with van der Waals surface area (Å²) < 4.78 is 6.22. The highest BCUT2D eigenvalue weighted by Crippen LogP contribution is 2.34. The summed E-state index contributed by atoms with van der Waals surface area (Å²) in [5.41, 5.74) is 0. The quantitative estimate of drug-likeness (QED) is 0.138. The van der Waals surface area contributed by atoms with E-state index in [1.54, 1.807) is 0 Å². The van der Waals surface area contributed by atoms with Crippen molar-refractivity contribution >= 4 is 6.29 Å². The third kappa shape index (κ3) is 15.6. The van der Waals surface area contributed by atoms with Gasteiger partial charge in [0.05, 0.1) is 6.10 Å². The minimum Gasteiger partial charge on any atom is -0.378 e. The van der Waals surface area contributed by atoms with Crippen molar-refractivity contribution in [3.63, 3.8) is 0 Å². The van der Waals surface area contributed by atoms with Crippen LogP contribution in [0.15, 0.2) is 0 Å². The lowest BCUT2D eigenvalue weighted by Crippen LogP contribution is -2.10. The molecule has 4 atom stereocenters. The molecule has 0 N–H and O–H groups in total. The van der Waals surface area contributed by atoms with Crippen LogP contribution in [-0.2, 0) is 9.53 Å². The van der Waals surface area contributed by atoms with Gasteiger partial charge >= 0.3 is 0 Å². The normalized spacial score (nSPS) is 21.9. The molecule has 2 rings (SSSR count). The summed E-state index contributed by atoms with van der Waals surface area (Å²) in [6.45, 7) is 2.98. The zero-order chi connectivity index (χ0) is 24.1. The molecule has 0 heterocycles. The number of rotatable bonds is 23. The van der Waals surface area contributed by atoms with Crippen LogP contribution < -0.4 is 0 Å². The molecule has 0 aromatic carbocycles. The minimum absolute atomic E-state index is 0.137. The molecule has 4 unspecified atom stereocenters. The lowest BCUT2D eigenvalue weighted by molar-refractivity contribution is 0.0525. The summed E-state index contributed by atoms with van der Waals surface area (Å²) in [6.07, 6.45) is 38.0. The third-order valence-corrected chi connectivity index (χ3v) is 8.58. The lowest BCUT2D eigenvalue weighted by atomic mass is 9.95. The Morgan fingerprint density at radius 3 is 1.91 bits per heavy atom. The molecular weight excluding hydrogens is 416 g/mol. The Morgan fingerprint density at radius 2 is 1.32 bits per heavy atom. The summed E-state index contributed by atoms with van der Waals surface area (Å²) in [4.78, 5) is 10.5. The first-order chi connectivity index (χ1) is 16.8. The molecule has 0 aromatic rings. The van der Waals surface area contributed by atoms with E-state index in [1.807, 2.05) is 6.92 Å². The molecule has 0 saturated heterocycles. The van der Waals surface area contributed by atoms with Crippen molar-refractivity contribution in [2.75, 3.05) is 6.61 Å². The first-order valence-electron chi connectivity index (χ1n) is 15.6. The van der Waals surface area contributed by atoms with Gasteiger partial charge in [-0.3, -0.25) is 4.79 Å². The maximum Gasteiger partial charge on any atom is 0.201 e. The van der Waals surface area contributed by atoms with Gasteiger partial charge in [-0.15, -0.1) is 0 Å². The van der Waals surface area contributed by atoms with Gasteiger partial charge in [-0.05, 0) is 63.2 Å². The average Bonchev–Trinajstić information content (AvgIpc) is 3.53. The molecule has 2 aliphatic rings. The molecule has 0 aromatic heterocycles. The SMILES string of the molecule is CC([C]=O)CCCCCCCCCCCCCCCCOC1CCC(CCCC2C[CH]CC2)C1. The fourth-order valence-electron chi connectivity index (χ4n) is 6.21. The van der Waals surface area contributed by atoms with Crippen LogP contribution in [0.2, 0.25) is 0 Å². The van der Waals surface area contributed by atoms with E-state index in [4.69, 9.17) is 4.74 Å². The molecule has 198 valence electrons. The average molecular weight is 475 g/mol. The summed E-state index contributed by atoms with van der Waals surface area (Å²) in [5.74, 6) is 2.11. The van der Waals surface area contributed by atoms with Crippen LogP contribution in [0, 0.1) is 24.2 Å². The van der Waals surface area contributed by atoms with Gasteiger partial charge in [0.2, 0.25) is 6.29 Å². The van der Waals surface area contributed by atoms with Gasteiger partial charge in [0.1, 0.15) is 0 Å². The highest BCUT2D eigenvalue weighted by Gasteiger charge is 2.25. The molecule has 0 amide bonds. The molecule has 0 spiro atoms. The van der Waals surface area contributed by atoms with Crippen molar-refractivity contribution in [2.24, 2.45) is 17.8 Å². The molecule has 2 aliphatic carbocycles. The third-order valence-electron chi connectivity index (χ3n) is 8.58. The molecule has 34 heavy (non-hydrogen) atoms. The van der Waals surface area contributed by atoms with Crippen molar-refractivity contribution in [2.45, 2.75) is 167 Å². The predicted octanol–water partition coefficient (Wildman–Crippen LogP) is 9.94. The van der Waals surface area contributed by atoms with Crippen LogP contribution in [0.5, 0.6) is 0 Å². The summed E-state index contributed by atoms with van der Waals surface area (Å²) in [5, 5.41) is 0. The van der Waals surface area contributed by atoms with Crippen LogP contribution >= 0.6 is 0 Å². The van der Waals surface area contributed by atoms with Crippen LogP contribution in [0.4, 0.5) is 0 Å². The van der Waals surface area contributed by atoms with Crippen molar-refractivity contribution in [3.05, 3.63) is 6.42 Å². The number of carbonyl (C=O) groups excluding carboxylic acids is 1. The largest absolute Gasteiger partial charge is 0.378 e. The standard InChI is InChI=1S/C32H58O2/c1-29(28-33)19-14-12-10-8-6-4-2-3-5-7-9-11-13-17-26-34-32-25-24-31(27-32)23-18-22-30-20-15-16-21-30/h15,29-32H,2-14,16-27H2,1H3. The molecule has 2 saturated carbocycles. The summed E-state index contributed by atoms with van der Waals surface area (Å²) in [7, 11) is 0. The predicted molar refractivity (Wildman–Crippen MR) is 147 cm³/mol. The van der Waals surface area contributed by atoms with E-state index in [0.29, 0.717) is 6.10 Å². The highest BCUT2D eigenvalue weighted by molar-refractivity contribution is 5.53. The highest BCUT2D eigenvalue weighted by atomic mass is 16.5. The Morgan fingerprint density at radius 1 is 0.735 bits per heavy atom. The second-order valence-corrected chi connectivity index (χ2v) is 11.8. The van der Waals surface area contributed by atoms with Crippen LogP contribution in [0.3, 0.4) is 0 Å². The maximum atomic E-state index is 10.5. The minimum atomic E-state index is 0.137. The van der Waals surface area contributed by atoms with Crippen molar-refractivity contribution < 1.29 is 9.53 Å².